The smallest absolute Gasteiger partial charge is 0.310 e. The van der Waals surface area contributed by atoms with Crippen LogP contribution in [-0.2, 0) is 29.0 Å². The van der Waals surface area contributed by atoms with Crippen molar-refractivity contribution in [3.63, 3.8) is 0 Å². The summed E-state index contributed by atoms with van der Waals surface area (Å²) in [6.07, 6.45) is 3.74. The molecule has 1 fully saturated rings. The van der Waals surface area contributed by atoms with Gasteiger partial charge in [-0.25, -0.2) is 0 Å². The van der Waals surface area contributed by atoms with Gasteiger partial charge in [0.25, 0.3) is 0 Å². The topological polar surface area (TPSA) is 26.3 Å². The number of hydrogen-bond acceptors (Lipinski definition) is 2. The van der Waals surface area contributed by atoms with Crippen LogP contribution in [0.5, 0.6) is 0 Å². The summed E-state index contributed by atoms with van der Waals surface area (Å²) in [4.78, 5) is 12.6. The maximum atomic E-state index is 12.6. The molecule has 2 aromatic carbocycles. The summed E-state index contributed by atoms with van der Waals surface area (Å²) in [5, 5.41) is 0. The average molecular weight is 401 g/mol. The summed E-state index contributed by atoms with van der Waals surface area (Å²) in [7, 11) is 0. The zero-order valence-corrected chi connectivity index (χ0v) is 17.0. The molecule has 0 N–H and O–H groups in total. The largest absolute Gasteiger partial charge is 0.461 e. The predicted octanol–water partition coefficient (Wildman–Crippen LogP) is 6.09. The summed E-state index contributed by atoms with van der Waals surface area (Å²) in [5.41, 5.74) is 6.15. The summed E-state index contributed by atoms with van der Waals surface area (Å²) < 4.78 is 5.91. The molecule has 140 valence electrons. The summed E-state index contributed by atoms with van der Waals surface area (Å²) in [5.74, 6) is -0.332. The van der Waals surface area contributed by atoms with Crippen LogP contribution >= 0.6 is 23.2 Å². The van der Waals surface area contributed by atoms with Crippen molar-refractivity contribution in [2.24, 2.45) is 17.3 Å². The van der Waals surface area contributed by atoms with E-state index in [9.17, 15) is 4.79 Å². The minimum Gasteiger partial charge on any atom is -0.461 e. The van der Waals surface area contributed by atoms with Crippen molar-refractivity contribution in [3.8, 4) is 11.1 Å². The lowest BCUT2D eigenvalue weighted by Crippen LogP contribution is -2.13. The molecule has 2 atom stereocenters. The standard InChI is InChI=1S/C23H22Cl2O2/c1-23(2)19(12-20(24)25)21(23)22(26)27-13-15-7-5-9-18-16-8-4-3-6-14(16)10-11-17(15)18/h3-9,12,19,21H,10-11,13H2,1-2H3/t19-,21-/m0/s1. The third-order valence-electron chi connectivity index (χ3n) is 6.07. The molecule has 0 heterocycles. The van der Waals surface area contributed by atoms with Gasteiger partial charge in [-0.2, -0.15) is 0 Å². The molecule has 0 aliphatic heterocycles. The number of ether oxygens (including phenoxy) is 1. The minimum atomic E-state index is -0.190. The van der Waals surface area contributed by atoms with E-state index < -0.39 is 0 Å². The number of esters is 1. The number of rotatable bonds is 4. The number of hydrogen-bond donors (Lipinski definition) is 0. The van der Waals surface area contributed by atoms with Crippen LogP contribution in [0, 0.1) is 17.3 Å². The second-order valence-corrected chi connectivity index (χ2v) is 9.00. The van der Waals surface area contributed by atoms with Gasteiger partial charge in [-0.1, -0.05) is 79.5 Å². The number of fused-ring (bicyclic) bond motifs is 3. The van der Waals surface area contributed by atoms with Crippen molar-refractivity contribution in [1.82, 2.24) is 0 Å². The number of aryl methyl sites for hydroxylation is 1. The van der Waals surface area contributed by atoms with Gasteiger partial charge < -0.3 is 4.74 Å². The highest BCUT2D eigenvalue weighted by Crippen LogP contribution is 2.60. The fourth-order valence-corrected chi connectivity index (χ4v) is 4.66. The molecule has 2 aliphatic carbocycles. The van der Waals surface area contributed by atoms with Crippen molar-refractivity contribution in [2.75, 3.05) is 0 Å². The first-order chi connectivity index (χ1) is 12.9. The molecule has 0 aromatic heterocycles. The first-order valence-electron chi connectivity index (χ1n) is 9.28. The number of halogens is 2. The van der Waals surface area contributed by atoms with Crippen molar-refractivity contribution in [3.05, 3.63) is 69.7 Å². The molecular formula is C23H22Cl2O2. The predicted molar refractivity (Wildman–Crippen MR) is 110 cm³/mol. The molecule has 4 heteroatoms. The Hall–Kier alpha value is -1.77. The Morgan fingerprint density at radius 3 is 2.63 bits per heavy atom. The van der Waals surface area contributed by atoms with Crippen LogP contribution in [-0.4, -0.2) is 5.97 Å². The first kappa shape index (κ1) is 18.6. The summed E-state index contributed by atoms with van der Waals surface area (Å²) in [6.45, 7) is 4.39. The third kappa shape index (κ3) is 3.41. The molecule has 2 aliphatic rings. The first-order valence-corrected chi connectivity index (χ1v) is 10.0. The average Bonchev–Trinajstić information content (AvgIpc) is 3.18. The fraction of sp³-hybridized carbons (Fsp3) is 0.348. The van der Waals surface area contributed by atoms with Crippen molar-refractivity contribution in [2.45, 2.75) is 33.3 Å². The second-order valence-electron chi connectivity index (χ2n) is 7.99. The van der Waals surface area contributed by atoms with Crippen LogP contribution in [0.15, 0.2) is 53.0 Å². The molecule has 0 radical (unpaired) electrons. The van der Waals surface area contributed by atoms with E-state index in [2.05, 4.69) is 36.4 Å². The number of allylic oxidation sites excluding steroid dienone is 1. The minimum absolute atomic E-state index is 0.0339. The lowest BCUT2D eigenvalue weighted by atomic mass is 9.83. The molecule has 1 saturated carbocycles. The van der Waals surface area contributed by atoms with Gasteiger partial charge in [0.2, 0.25) is 0 Å². The normalized spacial score (nSPS) is 21.6. The Bertz CT molecular complexity index is 926. The molecule has 0 amide bonds. The third-order valence-corrected chi connectivity index (χ3v) is 6.32. The van der Waals surface area contributed by atoms with E-state index in [1.54, 1.807) is 6.08 Å². The van der Waals surface area contributed by atoms with Crippen LogP contribution in [0.1, 0.15) is 30.5 Å². The van der Waals surface area contributed by atoms with Crippen LogP contribution in [0.3, 0.4) is 0 Å². The van der Waals surface area contributed by atoms with Crippen molar-refractivity contribution < 1.29 is 9.53 Å². The molecular weight excluding hydrogens is 379 g/mol. The van der Waals surface area contributed by atoms with Gasteiger partial charge in [0.1, 0.15) is 11.1 Å². The van der Waals surface area contributed by atoms with Gasteiger partial charge in [0.05, 0.1) is 5.92 Å². The molecule has 2 nitrogen and oxygen atoms in total. The van der Waals surface area contributed by atoms with E-state index >= 15 is 0 Å². The van der Waals surface area contributed by atoms with E-state index in [1.165, 1.54) is 22.3 Å². The Morgan fingerprint density at radius 2 is 1.85 bits per heavy atom. The van der Waals surface area contributed by atoms with Gasteiger partial charge in [0, 0.05) is 0 Å². The van der Waals surface area contributed by atoms with Gasteiger partial charge in [-0.15, -0.1) is 0 Å². The van der Waals surface area contributed by atoms with Crippen LogP contribution in [0.25, 0.3) is 11.1 Å². The molecule has 0 saturated heterocycles. The Balaban J connectivity index is 1.51. The second kappa shape index (κ2) is 7.00. The summed E-state index contributed by atoms with van der Waals surface area (Å²) >= 11 is 11.6. The number of carbonyl (C=O) groups excluding carboxylic acids is 1. The van der Waals surface area contributed by atoms with Crippen LogP contribution in [0.4, 0.5) is 0 Å². The Morgan fingerprint density at radius 1 is 1.11 bits per heavy atom. The highest BCUT2D eigenvalue weighted by molar-refractivity contribution is 6.55. The molecule has 0 spiro atoms. The summed E-state index contributed by atoms with van der Waals surface area (Å²) in [6, 6.07) is 14.8. The van der Waals surface area contributed by atoms with E-state index in [0.29, 0.717) is 6.61 Å². The zero-order chi connectivity index (χ0) is 19.2. The van der Waals surface area contributed by atoms with E-state index in [-0.39, 0.29) is 27.7 Å². The maximum Gasteiger partial charge on any atom is 0.310 e. The Kier molecular flexibility index (Phi) is 4.82. The van der Waals surface area contributed by atoms with Gasteiger partial charge >= 0.3 is 5.97 Å². The van der Waals surface area contributed by atoms with Crippen LogP contribution in [0.2, 0.25) is 0 Å². The molecule has 2 aromatic rings. The van der Waals surface area contributed by atoms with Gasteiger partial charge in [-0.3, -0.25) is 4.79 Å². The molecule has 27 heavy (non-hydrogen) atoms. The highest BCUT2D eigenvalue weighted by Gasteiger charge is 2.61. The van der Waals surface area contributed by atoms with Crippen LogP contribution < -0.4 is 0 Å². The van der Waals surface area contributed by atoms with Gasteiger partial charge in [0.15, 0.2) is 0 Å². The van der Waals surface area contributed by atoms with E-state index in [1.807, 2.05) is 19.9 Å². The highest BCUT2D eigenvalue weighted by atomic mass is 35.5. The lowest BCUT2D eigenvalue weighted by molar-refractivity contribution is -0.147. The molecule has 0 unspecified atom stereocenters. The Labute approximate surface area is 170 Å². The van der Waals surface area contributed by atoms with Gasteiger partial charge in [-0.05, 0) is 58.1 Å². The monoisotopic (exact) mass is 400 g/mol. The van der Waals surface area contributed by atoms with E-state index in [0.717, 1.165) is 18.4 Å². The maximum absolute atomic E-state index is 12.6. The van der Waals surface area contributed by atoms with Crippen molar-refractivity contribution in [1.29, 1.82) is 0 Å². The number of carbonyl (C=O) groups is 1. The fourth-order valence-electron chi connectivity index (χ4n) is 4.39. The SMILES string of the molecule is CC1(C)[C@H](C(=O)OCc2cccc3c2CCc2ccccc2-3)[C@@H]1C=C(Cl)Cl. The zero-order valence-electron chi connectivity index (χ0n) is 15.5. The molecule has 4 rings (SSSR count). The lowest BCUT2D eigenvalue weighted by Gasteiger charge is -2.22. The van der Waals surface area contributed by atoms with Crippen molar-refractivity contribution >= 4 is 29.2 Å². The number of benzene rings is 2. The molecule has 0 bridgehead atoms. The quantitative estimate of drug-likeness (QED) is 0.580. The van der Waals surface area contributed by atoms with E-state index in [4.69, 9.17) is 27.9 Å².